The Morgan fingerprint density at radius 3 is 1.62 bits per heavy atom. The molecule has 0 radical (unpaired) electrons. The van der Waals surface area contributed by atoms with Gasteiger partial charge in [-0.25, -0.2) is 0 Å². The van der Waals surface area contributed by atoms with E-state index < -0.39 is 0 Å². The van der Waals surface area contributed by atoms with Crippen LogP contribution < -0.4 is 0 Å². The molecular formula is C14H16N2. The van der Waals surface area contributed by atoms with Gasteiger partial charge < -0.3 is 0 Å². The normalized spacial score (nSPS) is 10.4. The molecule has 2 aromatic rings. The van der Waals surface area contributed by atoms with Crippen LogP contribution in [0, 0.1) is 0 Å². The summed E-state index contributed by atoms with van der Waals surface area (Å²) in [6.07, 6.45) is 5.77. The van der Waals surface area contributed by atoms with Gasteiger partial charge in [-0.1, -0.05) is 13.8 Å². The fourth-order valence-corrected chi connectivity index (χ4v) is 1.67. The second-order valence-electron chi connectivity index (χ2n) is 3.81. The van der Waals surface area contributed by atoms with Crippen molar-refractivity contribution in [1.29, 1.82) is 0 Å². The molecule has 2 rings (SSSR count). The van der Waals surface area contributed by atoms with Crippen LogP contribution in [-0.4, -0.2) is 9.97 Å². The SMILES string of the molecule is CCc1ccnc(-c2cc(CC)ccn2)c1. The van der Waals surface area contributed by atoms with Gasteiger partial charge in [-0.15, -0.1) is 0 Å². The van der Waals surface area contributed by atoms with Gasteiger partial charge in [0.2, 0.25) is 0 Å². The highest BCUT2D eigenvalue weighted by molar-refractivity contribution is 5.55. The number of hydrogen-bond donors (Lipinski definition) is 0. The zero-order valence-electron chi connectivity index (χ0n) is 9.77. The molecule has 0 aliphatic carbocycles. The number of pyridine rings is 2. The van der Waals surface area contributed by atoms with Crippen LogP contribution in [0.2, 0.25) is 0 Å². The first-order valence-corrected chi connectivity index (χ1v) is 5.73. The minimum atomic E-state index is 0.967. The molecule has 16 heavy (non-hydrogen) atoms. The Labute approximate surface area is 96.4 Å². The van der Waals surface area contributed by atoms with Crippen molar-refractivity contribution in [2.45, 2.75) is 26.7 Å². The highest BCUT2D eigenvalue weighted by Gasteiger charge is 2.02. The smallest absolute Gasteiger partial charge is 0.0888 e. The summed E-state index contributed by atoms with van der Waals surface area (Å²) < 4.78 is 0. The largest absolute Gasteiger partial charge is 0.255 e. The highest BCUT2D eigenvalue weighted by atomic mass is 14.8. The van der Waals surface area contributed by atoms with Crippen molar-refractivity contribution in [2.75, 3.05) is 0 Å². The molecule has 0 atom stereocenters. The number of aryl methyl sites for hydroxylation is 2. The molecule has 2 aromatic heterocycles. The lowest BCUT2D eigenvalue weighted by Gasteiger charge is -2.03. The van der Waals surface area contributed by atoms with Gasteiger partial charge in [0.05, 0.1) is 11.4 Å². The van der Waals surface area contributed by atoms with Gasteiger partial charge in [0.15, 0.2) is 0 Å². The van der Waals surface area contributed by atoms with E-state index in [0.717, 1.165) is 24.2 Å². The number of aromatic nitrogens is 2. The second-order valence-corrected chi connectivity index (χ2v) is 3.81. The monoisotopic (exact) mass is 212 g/mol. The topological polar surface area (TPSA) is 25.8 Å². The van der Waals surface area contributed by atoms with Gasteiger partial charge in [-0.05, 0) is 48.2 Å². The molecule has 0 fully saturated rings. The van der Waals surface area contributed by atoms with E-state index in [-0.39, 0.29) is 0 Å². The Morgan fingerprint density at radius 1 is 0.812 bits per heavy atom. The van der Waals surface area contributed by atoms with Crippen LogP contribution in [0.25, 0.3) is 11.4 Å². The number of nitrogens with zero attached hydrogens (tertiary/aromatic N) is 2. The van der Waals surface area contributed by atoms with E-state index in [1.807, 2.05) is 24.5 Å². The van der Waals surface area contributed by atoms with Crippen molar-refractivity contribution in [3.8, 4) is 11.4 Å². The van der Waals surface area contributed by atoms with E-state index in [1.165, 1.54) is 11.1 Å². The molecule has 0 aromatic carbocycles. The third-order valence-electron chi connectivity index (χ3n) is 2.73. The predicted molar refractivity (Wildman–Crippen MR) is 66.2 cm³/mol. The Hall–Kier alpha value is -1.70. The predicted octanol–water partition coefficient (Wildman–Crippen LogP) is 3.27. The Balaban J connectivity index is 2.41. The molecular weight excluding hydrogens is 196 g/mol. The Morgan fingerprint density at radius 2 is 1.25 bits per heavy atom. The van der Waals surface area contributed by atoms with Crippen LogP contribution in [0.1, 0.15) is 25.0 Å². The van der Waals surface area contributed by atoms with Crippen LogP contribution in [0.4, 0.5) is 0 Å². The maximum atomic E-state index is 4.37. The summed E-state index contributed by atoms with van der Waals surface area (Å²) in [6, 6.07) is 8.32. The van der Waals surface area contributed by atoms with Gasteiger partial charge in [0.1, 0.15) is 0 Å². The summed E-state index contributed by atoms with van der Waals surface area (Å²) in [7, 11) is 0. The van der Waals surface area contributed by atoms with Crippen molar-refractivity contribution in [1.82, 2.24) is 9.97 Å². The quantitative estimate of drug-likeness (QED) is 0.780. The van der Waals surface area contributed by atoms with E-state index in [9.17, 15) is 0 Å². The molecule has 0 saturated heterocycles. The summed E-state index contributed by atoms with van der Waals surface area (Å²) in [6.45, 7) is 4.30. The van der Waals surface area contributed by atoms with E-state index in [4.69, 9.17) is 0 Å². The van der Waals surface area contributed by atoms with Crippen molar-refractivity contribution in [2.24, 2.45) is 0 Å². The third-order valence-corrected chi connectivity index (χ3v) is 2.73. The first-order valence-electron chi connectivity index (χ1n) is 5.73. The van der Waals surface area contributed by atoms with Gasteiger partial charge in [0, 0.05) is 12.4 Å². The molecule has 0 aliphatic heterocycles. The van der Waals surface area contributed by atoms with Gasteiger partial charge in [-0.3, -0.25) is 9.97 Å². The maximum absolute atomic E-state index is 4.37. The lowest BCUT2D eigenvalue weighted by atomic mass is 10.1. The van der Waals surface area contributed by atoms with E-state index >= 15 is 0 Å². The van der Waals surface area contributed by atoms with Gasteiger partial charge in [-0.2, -0.15) is 0 Å². The molecule has 0 saturated carbocycles. The van der Waals surface area contributed by atoms with Crippen molar-refractivity contribution in [3.63, 3.8) is 0 Å². The van der Waals surface area contributed by atoms with Crippen molar-refractivity contribution >= 4 is 0 Å². The third kappa shape index (κ3) is 2.27. The molecule has 82 valence electrons. The zero-order valence-corrected chi connectivity index (χ0v) is 9.77. The minimum Gasteiger partial charge on any atom is -0.255 e. The molecule has 0 bridgehead atoms. The molecule has 0 unspecified atom stereocenters. The fourth-order valence-electron chi connectivity index (χ4n) is 1.67. The molecule has 2 heterocycles. The molecule has 2 heteroatoms. The molecule has 0 N–H and O–H groups in total. The summed E-state index contributed by atoms with van der Waals surface area (Å²) >= 11 is 0. The maximum Gasteiger partial charge on any atom is 0.0888 e. The standard InChI is InChI=1S/C14H16N2/c1-3-11-5-7-15-13(9-11)14-10-12(4-2)6-8-16-14/h5-10H,3-4H2,1-2H3. The van der Waals surface area contributed by atoms with E-state index in [0.29, 0.717) is 0 Å². The molecule has 0 amide bonds. The van der Waals surface area contributed by atoms with E-state index in [2.05, 4.69) is 35.9 Å². The molecule has 2 nitrogen and oxygen atoms in total. The van der Waals surface area contributed by atoms with Gasteiger partial charge in [0.25, 0.3) is 0 Å². The summed E-state index contributed by atoms with van der Waals surface area (Å²) in [5.74, 6) is 0. The zero-order chi connectivity index (χ0) is 11.4. The van der Waals surface area contributed by atoms with Crippen LogP contribution in [0.15, 0.2) is 36.7 Å². The van der Waals surface area contributed by atoms with Crippen LogP contribution in [0.5, 0.6) is 0 Å². The second kappa shape index (κ2) is 4.88. The average Bonchev–Trinajstić information content (AvgIpc) is 2.39. The lowest BCUT2D eigenvalue weighted by molar-refractivity contribution is 1.10. The average molecular weight is 212 g/mol. The first-order chi connectivity index (χ1) is 7.83. The van der Waals surface area contributed by atoms with Crippen molar-refractivity contribution < 1.29 is 0 Å². The van der Waals surface area contributed by atoms with Crippen LogP contribution in [0.3, 0.4) is 0 Å². The van der Waals surface area contributed by atoms with Gasteiger partial charge >= 0.3 is 0 Å². The van der Waals surface area contributed by atoms with Crippen LogP contribution >= 0.6 is 0 Å². The summed E-state index contributed by atoms with van der Waals surface area (Å²) in [5.41, 5.74) is 4.53. The fraction of sp³-hybridized carbons (Fsp3) is 0.286. The van der Waals surface area contributed by atoms with Crippen molar-refractivity contribution in [3.05, 3.63) is 47.8 Å². The van der Waals surface area contributed by atoms with Crippen LogP contribution in [-0.2, 0) is 12.8 Å². The summed E-state index contributed by atoms with van der Waals surface area (Å²) in [4.78, 5) is 8.74. The summed E-state index contributed by atoms with van der Waals surface area (Å²) in [5, 5.41) is 0. The Bertz CT molecular complexity index is 432. The molecule has 0 aliphatic rings. The number of rotatable bonds is 3. The first kappa shape index (κ1) is 10.8. The lowest BCUT2D eigenvalue weighted by Crippen LogP contribution is -1.91. The number of hydrogen-bond acceptors (Lipinski definition) is 2. The minimum absolute atomic E-state index is 0.967. The molecule has 0 spiro atoms. The Kier molecular flexibility index (Phi) is 3.30. The highest BCUT2D eigenvalue weighted by Crippen LogP contribution is 2.17. The van der Waals surface area contributed by atoms with E-state index in [1.54, 1.807) is 0 Å².